The van der Waals surface area contributed by atoms with Crippen LogP contribution in [0.25, 0.3) is 0 Å². The number of ether oxygens (including phenoxy) is 1. The minimum atomic E-state index is -0.927. The van der Waals surface area contributed by atoms with Crippen molar-refractivity contribution in [2.24, 2.45) is 0 Å². The van der Waals surface area contributed by atoms with Gasteiger partial charge in [0.2, 0.25) is 0 Å². The Bertz CT molecular complexity index is 476. The molecule has 1 aromatic carbocycles. The summed E-state index contributed by atoms with van der Waals surface area (Å²) in [5, 5.41) is 9.31. The molecule has 1 saturated heterocycles. The van der Waals surface area contributed by atoms with E-state index in [1.807, 2.05) is 6.92 Å². The molecule has 5 nitrogen and oxygen atoms in total. The lowest BCUT2D eigenvalue weighted by molar-refractivity contribution is 0.0297. The van der Waals surface area contributed by atoms with Crippen LogP contribution in [0.2, 0.25) is 0 Å². The highest BCUT2D eigenvalue weighted by molar-refractivity contribution is 5.95. The van der Waals surface area contributed by atoms with E-state index in [4.69, 9.17) is 10.5 Å². The Balaban J connectivity index is 2.42. The number of nitrogens with zero attached hydrogens (tertiary/aromatic N) is 1. The molecule has 3 N–H and O–H groups in total. The third kappa shape index (κ3) is 2.81. The monoisotopic (exact) mass is 264 g/mol. The molecule has 0 aliphatic carbocycles. The number of hydrogen-bond donors (Lipinski definition) is 2. The molecule has 1 aromatic rings. The van der Waals surface area contributed by atoms with Crippen molar-refractivity contribution in [2.45, 2.75) is 32.4 Å². The highest BCUT2D eigenvalue weighted by Gasteiger charge is 2.28. The fourth-order valence-electron chi connectivity index (χ4n) is 2.44. The number of carboxylic acid groups (broad SMARTS) is 1. The van der Waals surface area contributed by atoms with Crippen LogP contribution in [-0.2, 0) is 4.74 Å². The average molecular weight is 264 g/mol. The highest BCUT2D eigenvalue weighted by Crippen LogP contribution is 2.29. The molecule has 0 aromatic heterocycles. The number of aromatic carboxylic acids is 1. The Kier molecular flexibility index (Phi) is 3.95. The minimum Gasteiger partial charge on any atom is -0.478 e. The maximum Gasteiger partial charge on any atom is 0.337 e. The summed E-state index contributed by atoms with van der Waals surface area (Å²) in [6.45, 7) is 5.36. The van der Waals surface area contributed by atoms with Crippen LogP contribution in [0.15, 0.2) is 18.2 Å². The van der Waals surface area contributed by atoms with Gasteiger partial charge in [0.05, 0.1) is 30.0 Å². The van der Waals surface area contributed by atoms with Gasteiger partial charge in [0.1, 0.15) is 0 Å². The van der Waals surface area contributed by atoms with Crippen LogP contribution in [0.1, 0.15) is 30.6 Å². The van der Waals surface area contributed by atoms with E-state index in [9.17, 15) is 9.90 Å². The van der Waals surface area contributed by atoms with E-state index in [0.717, 1.165) is 6.42 Å². The first kappa shape index (κ1) is 13.7. The van der Waals surface area contributed by atoms with Crippen molar-refractivity contribution in [1.82, 2.24) is 0 Å². The second kappa shape index (κ2) is 5.48. The molecule has 19 heavy (non-hydrogen) atoms. The Morgan fingerprint density at radius 3 is 2.95 bits per heavy atom. The summed E-state index contributed by atoms with van der Waals surface area (Å²) in [5.74, 6) is -0.927. The van der Waals surface area contributed by atoms with Gasteiger partial charge in [-0.2, -0.15) is 0 Å². The molecular formula is C14H20N2O3. The first-order valence-electron chi connectivity index (χ1n) is 6.54. The summed E-state index contributed by atoms with van der Waals surface area (Å²) in [7, 11) is 0. The normalized spacial score (nSPS) is 23.4. The van der Waals surface area contributed by atoms with Crippen LogP contribution in [0, 0.1) is 0 Å². The Morgan fingerprint density at radius 2 is 2.32 bits per heavy atom. The molecule has 2 unspecified atom stereocenters. The molecule has 0 radical (unpaired) electrons. The first-order chi connectivity index (χ1) is 9.02. The smallest absolute Gasteiger partial charge is 0.337 e. The van der Waals surface area contributed by atoms with Gasteiger partial charge in [0.15, 0.2) is 0 Å². The van der Waals surface area contributed by atoms with Crippen molar-refractivity contribution in [2.75, 3.05) is 23.8 Å². The summed E-state index contributed by atoms with van der Waals surface area (Å²) >= 11 is 0. The molecule has 1 fully saturated rings. The van der Waals surface area contributed by atoms with Crippen molar-refractivity contribution in [1.29, 1.82) is 0 Å². The summed E-state index contributed by atoms with van der Waals surface area (Å²) in [6.07, 6.45) is 0.992. The number of carbonyl (C=O) groups is 1. The molecule has 2 atom stereocenters. The summed E-state index contributed by atoms with van der Waals surface area (Å²) in [5.41, 5.74) is 7.37. The Hall–Kier alpha value is -1.75. The molecule has 104 valence electrons. The molecular weight excluding hydrogens is 244 g/mol. The Labute approximate surface area is 113 Å². The number of carboxylic acids is 1. The Morgan fingerprint density at radius 1 is 1.58 bits per heavy atom. The molecule has 1 heterocycles. The zero-order chi connectivity index (χ0) is 14.0. The van der Waals surface area contributed by atoms with E-state index in [-0.39, 0.29) is 12.1 Å². The lowest BCUT2D eigenvalue weighted by Gasteiger charge is -2.40. The lowest BCUT2D eigenvalue weighted by Crippen LogP contribution is -2.49. The first-order valence-corrected chi connectivity index (χ1v) is 6.54. The van der Waals surface area contributed by atoms with Gasteiger partial charge in [-0.25, -0.2) is 4.79 Å². The van der Waals surface area contributed by atoms with Crippen molar-refractivity contribution in [3.8, 4) is 0 Å². The third-order valence-electron chi connectivity index (χ3n) is 3.50. The molecule has 1 aliphatic rings. The zero-order valence-electron chi connectivity index (χ0n) is 11.3. The van der Waals surface area contributed by atoms with E-state index in [1.54, 1.807) is 18.2 Å². The maximum atomic E-state index is 11.4. The number of nitrogen functional groups attached to an aromatic ring is 1. The quantitative estimate of drug-likeness (QED) is 0.816. The topological polar surface area (TPSA) is 75.8 Å². The van der Waals surface area contributed by atoms with Crippen molar-refractivity contribution in [3.63, 3.8) is 0 Å². The van der Waals surface area contributed by atoms with Crippen LogP contribution in [-0.4, -0.2) is 36.4 Å². The largest absolute Gasteiger partial charge is 0.478 e. The van der Waals surface area contributed by atoms with E-state index in [1.165, 1.54) is 0 Å². The van der Waals surface area contributed by atoms with Crippen LogP contribution < -0.4 is 10.6 Å². The third-order valence-corrected chi connectivity index (χ3v) is 3.50. The second-order valence-electron chi connectivity index (χ2n) is 4.94. The van der Waals surface area contributed by atoms with Crippen molar-refractivity contribution >= 4 is 17.3 Å². The van der Waals surface area contributed by atoms with Gasteiger partial charge in [-0.05, 0) is 31.5 Å². The second-order valence-corrected chi connectivity index (χ2v) is 4.94. The molecule has 0 saturated carbocycles. The molecule has 0 amide bonds. The fourth-order valence-corrected chi connectivity index (χ4v) is 2.44. The molecule has 0 bridgehead atoms. The van der Waals surface area contributed by atoms with E-state index >= 15 is 0 Å². The average Bonchev–Trinajstić information content (AvgIpc) is 2.38. The molecule has 1 aliphatic heterocycles. The number of anilines is 2. The van der Waals surface area contributed by atoms with Gasteiger partial charge in [-0.15, -0.1) is 0 Å². The van der Waals surface area contributed by atoms with Crippen LogP contribution in [0.4, 0.5) is 11.4 Å². The number of hydrogen-bond acceptors (Lipinski definition) is 4. The number of benzene rings is 1. The number of rotatable bonds is 3. The van der Waals surface area contributed by atoms with Gasteiger partial charge >= 0.3 is 5.97 Å². The van der Waals surface area contributed by atoms with Crippen molar-refractivity contribution in [3.05, 3.63) is 23.8 Å². The molecule has 2 rings (SSSR count). The van der Waals surface area contributed by atoms with Gasteiger partial charge in [-0.3, -0.25) is 0 Å². The number of morpholine rings is 1. The number of nitrogens with two attached hydrogens (primary N) is 1. The zero-order valence-corrected chi connectivity index (χ0v) is 11.3. The molecule has 5 heteroatoms. The van der Waals surface area contributed by atoms with Crippen molar-refractivity contribution < 1.29 is 14.6 Å². The van der Waals surface area contributed by atoms with Gasteiger partial charge in [0, 0.05) is 12.2 Å². The lowest BCUT2D eigenvalue weighted by atomic mass is 10.1. The van der Waals surface area contributed by atoms with Crippen LogP contribution in [0.3, 0.4) is 0 Å². The van der Waals surface area contributed by atoms with E-state index in [2.05, 4.69) is 11.8 Å². The SMILES string of the molecule is CCC1COC(C)CN1c1cc(N)ccc1C(=O)O. The standard InChI is InChI=1S/C14H20N2O3/c1-3-11-8-19-9(2)7-16(11)13-6-10(15)4-5-12(13)14(17)18/h4-6,9,11H,3,7-8,15H2,1-2H3,(H,17,18). The molecule has 0 spiro atoms. The highest BCUT2D eigenvalue weighted by atomic mass is 16.5. The summed E-state index contributed by atoms with van der Waals surface area (Å²) in [4.78, 5) is 13.5. The van der Waals surface area contributed by atoms with Crippen LogP contribution in [0.5, 0.6) is 0 Å². The summed E-state index contributed by atoms with van der Waals surface area (Å²) < 4.78 is 5.64. The van der Waals surface area contributed by atoms with Crippen LogP contribution >= 0.6 is 0 Å². The van der Waals surface area contributed by atoms with E-state index < -0.39 is 5.97 Å². The summed E-state index contributed by atoms with van der Waals surface area (Å²) in [6, 6.07) is 5.12. The van der Waals surface area contributed by atoms with E-state index in [0.29, 0.717) is 30.1 Å². The fraction of sp³-hybridized carbons (Fsp3) is 0.500. The van der Waals surface area contributed by atoms with Gasteiger partial charge < -0.3 is 20.5 Å². The predicted octanol–water partition coefficient (Wildman–Crippen LogP) is 1.97. The van der Waals surface area contributed by atoms with Gasteiger partial charge in [0.25, 0.3) is 0 Å². The maximum absolute atomic E-state index is 11.4. The van der Waals surface area contributed by atoms with Gasteiger partial charge in [-0.1, -0.05) is 6.92 Å². The minimum absolute atomic E-state index is 0.0888. The predicted molar refractivity (Wildman–Crippen MR) is 74.7 cm³/mol.